The Kier molecular flexibility index (Phi) is 5.01. The summed E-state index contributed by atoms with van der Waals surface area (Å²) in [4.78, 5) is 25.5. The number of likely N-dealkylation sites (tertiary alicyclic amines) is 1. The van der Waals surface area contributed by atoms with Crippen LogP contribution in [-0.2, 0) is 0 Å². The molecule has 1 aliphatic heterocycles. The van der Waals surface area contributed by atoms with Gasteiger partial charge in [-0.3, -0.25) is 0 Å². The molecule has 162 valence electrons. The molecule has 2 amide bonds. The van der Waals surface area contributed by atoms with Crippen LogP contribution in [0.1, 0.15) is 12.8 Å². The summed E-state index contributed by atoms with van der Waals surface area (Å²) in [5.74, 6) is -2.25. The van der Waals surface area contributed by atoms with E-state index in [1.54, 1.807) is 11.0 Å². The van der Waals surface area contributed by atoms with Crippen LogP contribution in [0.2, 0.25) is 0 Å². The lowest BCUT2D eigenvalue weighted by molar-refractivity contribution is 0.222. The van der Waals surface area contributed by atoms with Crippen LogP contribution >= 0.6 is 0 Å². The van der Waals surface area contributed by atoms with Crippen molar-refractivity contribution in [1.82, 2.24) is 19.9 Å². The van der Waals surface area contributed by atoms with E-state index < -0.39 is 17.5 Å². The van der Waals surface area contributed by atoms with Crippen LogP contribution in [0.5, 0.6) is 0 Å². The fourth-order valence-corrected chi connectivity index (χ4v) is 3.81. The van der Waals surface area contributed by atoms with E-state index in [1.165, 1.54) is 36.5 Å². The van der Waals surface area contributed by atoms with Gasteiger partial charge in [-0.1, -0.05) is 12.1 Å². The highest BCUT2D eigenvalue weighted by Gasteiger charge is 2.19. The Hall–Kier alpha value is -3.88. The zero-order valence-electron chi connectivity index (χ0n) is 16.8. The van der Waals surface area contributed by atoms with Gasteiger partial charge in [0.05, 0.1) is 11.1 Å². The van der Waals surface area contributed by atoms with E-state index in [4.69, 9.17) is 0 Å². The molecule has 2 aromatic carbocycles. The number of amides is 2. The molecule has 9 heteroatoms. The zero-order valence-corrected chi connectivity index (χ0v) is 16.8. The number of aromatic amines is 1. The molecule has 1 saturated heterocycles. The average molecular weight is 437 g/mol. The van der Waals surface area contributed by atoms with Gasteiger partial charge in [0.1, 0.15) is 11.6 Å². The number of benzene rings is 2. The topological polar surface area (TPSA) is 73.9 Å². The van der Waals surface area contributed by atoms with Crippen LogP contribution in [0.25, 0.3) is 33.7 Å². The number of halogens is 3. The molecule has 0 atom stereocenters. The number of aromatic nitrogens is 3. The van der Waals surface area contributed by atoms with E-state index >= 15 is 0 Å². The Labute approximate surface area is 181 Å². The highest BCUT2D eigenvalue weighted by atomic mass is 19.2. The average Bonchev–Trinajstić information content (AvgIpc) is 3.46. The molecule has 0 bridgehead atoms. The minimum atomic E-state index is -0.971. The van der Waals surface area contributed by atoms with E-state index in [0.717, 1.165) is 18.9 Å². The van der Waals surface area contributed by atoms with E-state index in [2.05, 4.69) is 20.3 Å². The highest BCUT2D eigenvalue weighted by Crippen LogP contribution is 2.29. The molecule has 0 aliphatic carbocycles. The molecule has 2 aromatic heterocycles. The Balaban J connectivity index is 1.48. The molecule has 0 unspecified atom stereocenters. The maximum Gasteiger partial charge on any atom is 0.321 e. The first-order valence-electron chi connectivity index (χ1n) is 10.2. The fourth-order valence-electron chi connectivity index (χ4n) is 3.81. The first-order valence-corrected chi connectivity index (χ1v) is 10.2. The number of carbonyl (C=O) groups is 1. The summed E-state index contributed by atoms with van der Waals surface area (Å²) in [7, 11) is 0. The van der Waals surface area contributed by atoms with Gasteiger partial charge in [-0.25, -0.2) is 27.9 Å². The molecule has 0 spiro atoms. The molecule has 5 rings (SSSR count). The van der Waals surface area contributed by atoms with Gasteiger partial charge in [-0.15, -0.1) is 0 Å². The number of anilines is 1. The van der Waals surface area contributed by atoms with Gasteiger partial charge in [-0.2, -0.15) is 0 Å². The van der Waals surface area contributed by atoms with Crippen molar-refractivity contribution in [2.24, 2.45) is 0 Å². The lowest BCUT2D eigenvalue weighted by Crippen LogP contribution is -2.32. The molecule has 3 heterocycles. The Morgan fingerprint density at radius 3 is 2.62 bits per heavy atom. The monoisotopic (exact) mass is 437 g/mol. The minimum absolute atomic E-state index is 0.0633. The second-order valence-electron chi connectivity index (χ2n) is 7.60. The fraction of sp³-hybridized carbons (Fsp3) is 0.174. The minimum Gasteiger partial charge on any atom is -0.336 e. The summed E-state index contributed by atoms with van der Waals surface area (Å²) in [6, 6.07) is 9.48. The van der Waals surface area contributed by atoms with E-state index in [-0.39, 0.29) is 23.0 Å². The summed E-state index contributed by atoms with van der Waals surface area (Å²) in [6.07, 6.45) is 3.32. The SMILES string of the molecule is O=C(Nc1ccc(F)c(-c2nc3ncc(-c4cccc(F)c4F)cc3[nH]2)c1)N1CCCC1. The van der Waals surface area contributed by atoms with Gasteiger partial charge in [-0.05, 0) is 43.2 Å². The Morgan fingerprint density at radius 2 is 1.81 bits per heavy atom. The van der Waals surface area contributed by atoms with Gasteiger partial charge in [0.15, 0.2) is 17.3 Å². The van der Waals surface area contributed by atoms with Crippen molar-refractivity contribution in [3.8, 4) is 22.5 Å². The molecular formula is C23H18F3N5O. The van der Waals surface area contributed by atoms with Gasteiger partial charge in [0, 0.05) is 36.1 Å². The third-order valence-electron chi connectivity index (χ3n) is 5.47. The molecular weight excluding hydrogens is 419 g/mol. The number of pyridine rings is 1. The predicted octanol–water partition coefficient (Wildman–Crippen LogP) is 5.34. The first kappa shape index (κ1) is 20.0. The third-order valence-corrected chi connectivity index (χ3v) is 5.47. The molecule has 6 nitrogen and oxygen atoms in total. The Morgan fingerprint density at radius 1 is 1.00 bits per heavy atom. The van der Waals surface area contributed by atoms with Crippen LogP contribution in [-0.4, -0.2) is 39.0 Å². The van der Waals surface area contributed by atoms with E-state index in [1.807, 2.05) is 0 Å². The molecule has 2 N–H and O–H groups in total. The van der Waals surface area contributed by atoms with Crippen LogP contribution in [0.4, 0.5) is 23.7 Å². The number of fused-ring (bicyclic) bond motifs is 1. The maximum absolute atomic E-state index is 14.6. The van der Waals surface area contributed by atoms with Gasteiger partial charge in [0.25, 0.3) is 0 Å². The number of H-pyrrole nitrogens is 1. The smallest absolute Gasteiger partial charge is 0.321 e. The van der Waals surface area contributed by atoms with Crippen LogP contribution < -0.4 is 5.32 Å². The number of nitrogens with zero attached hydrogens (tertiary/aromatic N) is 3. The summed E-state index contributed by atoms with van der Waals surface area (Å²) in [6.45, 7) is 1.40. The number of rotatable bonds is 3. The Bertz CT molecular complexity index is 1330. The normalized spacial score (nSPS) is 13.7. The molecule has 0 saturated carbocycles. The van der Waals surface area contributed by atoms with E-state index in [9.17, 15) is 18.0 Å². The standard InChI is InChI=1S/C23H18F3N5O/c24-17-7-6-14(28-23(32)31-8-1-2-9-31)11-16(17)21-29-19-10-13(12-27-22(19)30-21)15-4-3-5-18(25)20(15)26/h3-7,10-12H,1-2,8-9H2,(H,28,32)(H,27,29,30). The van der Waals surface area contributed by atoms with Crippen molar-refractivity contribution < 1.29 is 18.0 Å². The summed E-state index contributed by atoms with van der Waals surface area (Å²) in [5, 5.41) is 2.78. The second-order valence-corrected chi connectivity index (χ2v) is 7.60. The van der Waals surface area contributed by atoms with Gasteiger partial charge in [0.2, 0.25) is 0 Å². The van der Waals surface area contributed by atoms with E-state index in [0.29, 0.717) is 35.5 Å². The van der Waals surface area contributed by atoms with Gasteiger partial charge < -0.3 is 15.2 Å². The molecule has 1 fully saturated rings. The van der Waals surface area contributed by atoms with Crippen LogP contribution in [0.3, 0.4) is 0 Å². The number of carbonyl (C=O) groups excluding carboxylic acids is 1. The number of nitrogens with one attached hydrogen (secondary N) is 2. The maximum atomic E-state index is 14.6. The second kappa shape index (κ2) is 7.99. The quantitative estimate of drug-likeness (QED) is 0.455. The van der Waals surface area contributed by atoms with Crippen molar-refractivity contribution in [2.75, 3.05) is 18.4 Å². The van der Waals surface area contributed by atoms with Crippen molar-refractivity contribution >= 4 is 22.9 Å². The predicted molar refractivity (Wildman–Crippen MR) is 114 cm³/mol. The van der Waals surface area contributed by atoms with Crippen molar-refractivity contribution in [3.63, 3.8) is 0 Å². The summed E-state index contributed by atoms with van der Waals surface area (Å²) in [5.41, 5.74) is 1.75. The molecule has 0 radical (unpaired) electrons. The lowest BCUT2D eigenvalue weighted by atomic mass is 10.1. The molecule has 4 aromatic rings. The molecule has 32 heavy (non-hydrogen) atoms. The number of hydrogen-bond donors (Lipinski definition) is 2. The summed E-state index contributed by atoms with van der Waals surface area (Å²) >= 11 is 0. The van der Waals surface area contributed by atoms with Crippen molar-refractivity contribution in [1.29, 1.82) is 0 Å². The van der Waals surface area contributed by atoms with Gasteiger partial charge >= 0.3 is 6.03 Å². The number of hydrogen-bond acceptors (Lipinski definition) is 3. The number of urea groups is 1. The van der Waals surface area contributed by atoms with Crippen LogP contribution in [0, 0.1) is 17.5 Å². The highest BCUT2D eigenvalue weighted by molar-refractivity contribution is 5.90. The van der Waals surface area contributed by atoms with Crippen molar-refractivity contribution in [2.45, 2.75) is 12.8 Å². The van der Waals surface area contributed by atoms with Crippen molar-refractivity contribution in [3.05, 3.63) is 66.1 Å². The number of imidazole rings is 1. The first-order chi connectivity index (χ1) is 15.5. The largest absolute Gasteiger partial charge is 0.336 e. The summed E-state index contributed by atoms with van der Waals surface area (Å²) < 4.78 is 42.3. The third kappa shape index (κ3) is 3.66. The zero-order chi connectivity index (χ0) is 22.2. The lowest BCUT2D eigenvalue weighted by Gasteiger charge is -2.16. The van der Waals surface area contributed by atoms with Crippen LogP contribution in [0.15, 0.2) is 48.7 Å². The molecule has 1 aliphatic rings.